The first-order valence-corrected chi connectivity index (χ1v) is 13.5. The molecule has 0 atom stereocenters. The Morgan fingerprint density at radius 1 is 0.912 bits per heavy atom. The van der Waals surface area contributed by atoms with Gasteiger partial charge in [-0.25, -0.2) is 0 Å². The van der Waals surface area contributed by atoms with Crippen molar-refractivity contribution >= 4 is 11.6 Å². The SMILES string of the molecule is CN1C(=O)CCc2ccc(OCCCN3CCC(CCCCCCc4ccccc4)CC3)cc21. The number of hydrogen-bond acceptors (Lipinski definition) is 3. The van der Waals surface area contributed by atoms with Crippen LogP contribution < -0.4 is 9.64 Å². The van der Waals surface area contributed by atoms with Crippen LogP contribution in [0.2, 0.25) is 0 Å². The van der Waals surface area contributed by atoms with E-state index >= 15 is 0 Å². The van der Waals surface area contributed by atoms with Gasteiger partial charge in [-0.2, -0.15) is 0 Å². The van der Waals surface area contributed by atoms with Gasteiger partial charge in [-0.3, -0.25) is 4.79 Å². The third-order valence-corrected chi connectivity index (χ3v) is 7.67. The van der Waals surface area contributed by atoms with Gasteiger partial charge in [-0.05, 0) is 74.7 Å². The van der Waals surface area contributed by atoms with Gasteiger partial charge in [0.15, 0.2) is 0 Å². The molecule has 2 aliphatic heterocycles. The number of unbranched alkanes of at least 4 members (excludes halogenated alkanes) is 3. The zero-order chi connectivity index (χ0) is 23.6. The quantitative estimate of drug-likeness (QED) is 0.349. The predicted octanol–water partition coefficient (Wildman–Crippen LogP) is 6.27. The maximum Gasteiger partial charge on any atom is 0.227 e. The van der Waals surface area contributed by atoms with Crippen LogP contribution in [0.25, 0.3) is 0 Å². The van der Waals surface area contributed by atoms with Gasteiger partial charge in [0, 0.05) is 26.1 Å². The molecule has 1 saturated heterocycles. The van der Waals surface area contributed by atoms with Crippen LogP contribution in [0.5, 0.6) is 5.75 Å². The molecule has 4 nitrogen and oxygen atoms in total. The number of amides is 1. The maximum atomic E-state index is 12.0. The Kier molecular flexibility index (Phi) is 9.44. The minimum Gasteiger partial charge on any atom is -0.493 e. The van der Waals surface area contributed by atoms with Crippen LogP contribution in [0.3, 0.4) is 0 Å². The Labute approximate surface area is 206 Å². The van der Waals surface area contributed by atoms with E-state index in [1.54, 1.807) is 4.90 Å². The van der Waals surface area contributed by atoms with Gasteiger partial charge in [0.25, 0.3) is 0 Å². The number of carbonyl (C=O) groups excluding carboxylic acids is 1. The normalized spacial score (nSPS) is 17.1. The first-order valence-electron chi connectivity index (χ1n) is 13.5. The average molecular weight is 463 g/mol. The van der Waals surface area contributed by atoms with Gasteiger partial charge in [-0.1, -0.05) is 62.1 Å². The van der Waals surface area contributed by atoms with E-state index in [4.69, 9.17) is 4.74 Å². The number of benzene rings is 2. The summed E-state index contributed by atoms with van der Waals surface area (Å²) in [6, 6.07) is 17.1. The highest BCUT2D eigenvalue weighted by atomic mass is 16.5. The molecule has 4 heteroatoms. The largest absolute Gasteiger partial charge is 0.493 e. The number of likely N-dealkylation sites (tertiary alicyclic amines) is 1. The number of ether oxygens (including phenoxy) is 1. The van der Waals surface area contributed by atoms with E-state index in [-0.39, 0.29) is 5.91 Å². The van der Waals surface area contributed by atoms with Crippen LogP contribution in [0.15, 0.2) is 48.5 Å². The molecular formula is C30H42N2O2. The summed E-state index contributed by atoms with van der Waals surface area (Å²) in [4.78, 5) is 16.3. The number of carbonyl (C=O) groups is 1. The van der Waals surface area contributed by atoms with Gasteiger partial charge >= 0.3 is 0 Å². The zero-order valence-corrected chi connectivity index (χ0v) is 21.0. The fourth-order valence-electron chi connectivity index (χ4n) is 5.44. The molecule has 4 rings (SSSR count). The molecule has 2 aromatic rings. The second kappa shape index (κ2) is 12.9. The van der Waals surface area contributed by atoms with Crippen LogP contribution >= 0.6 is 0 Å². The number of fused-ring (bicyclic) bond motifs is 1. The minimum atomic E-state index is 0.191. The average Bonchev–Trinajstić information content (AvgIpc) is 2.88. The van der Waals surface area contributed by atoms with Crippen LogP contribution in [-0.4, -0.2) is 44.1 Å². The zero-order valence-electron chi connectivity index (χ0n) is 21.0. The highest BCUT2D eigenvalue weighted by Gasteiger charge is 2.21. The molecule has 184 valence electrons. The van der Waals surface area contributed by atoms with Gasteiger partial charge in [-0.15, -0.1) is 0 Å². The Balaban J connectivity index is 1.04. The van der Waals surface area contributed by atoms with Crippen molar-refractivity contribution in [3.05, 3.63) is 59.7 Å². The molecule has 0 saturated carbocycles. The van der Waals surface area contributed by atoms with Gasteiger partial charge in [0.1, 0.15) is 5.75 Å². The Morgan fingerprint density at radius 3 is 2.53 bits per heavy atom. The Bertz CT molecular complexity index is 890. The minimum absolute atomic E-state index is 0.191. The highest BCUT2D eigenvalue weighted by Crippen LogP contribution is 2.30. The molecule has 34 heavy (non-hydrogen) atoms. The van der Waals surface area contributed by atoms with Crippen molar-refractivity contribution in [2.75, 3.05) is 38.2 Å². The van der Waals surface area contributed by atoms with E-state index in [9.17, 15) is 4.79 Å². The van der Waals surface area contributed by atoms with Crippen molar-refractivity contribution < 1.29 is 9.53 Å². The summed E-state index contributed by atoms with van der Waals surface area (Å²) in [6.07, 6.45) is 13.3. The molecule has 0 bridgehead atoms. The van der Waals surface area contributed by atoms with Crippen molar-refractivity contribution in [2.24, 2.45) is 5.92 Å². The maximum absolute atomic E-state index is 12.0. The molecule has 2 heterocycles. The standard InChI is InChI=1S/C30H42N2O2/c1-31-29-24-28(16-14-27(29)15-17-30(31)33)34-23-9-20-32-21-18-26(19-22-32)13-6-3-2-5-10-25-11-7-4-8-12-25/h4,7-8,11-12,14,16,24,26H,2-3,5-6,9-10,13,15,17-23H2,1H3. The number of nitrogens with zero attached hydrogens (tertiary/aromatic N) is 2. The molecule has 1 amide bonds. The van der Waals surface area contributed by atoms with E-state index in [0.29, 0.717) is 6.42 Å². The van der Waals surface area contributed by atoms with Crippen LogP contribution in [0, 0.1) is 5.92 Å². The van der Waals surface area contributed by atoms with E-state index in [0.717, 1.165) is 43.3 Å². The van der Waals surface area contributed by atoms with Gasteiger partial charge in [0.2, 0.25) is 5.91 Å². The predicted molar refractivity (Wildman–Crippen MR) is 141 cm³/mol. The Hall–Kier alpha value is -2.33. The molecule has 0 N–H and O–H groups in total. The van der Waals surface area contributed by atoms with Crippen molar-refractivity contribution in [1.82, 2.24) is 4.90 Å². The summed E-state index contributed by atoms with van der Waals surface area (Å²) in [5.41, 5.74) is 3.73. The molecule has 0 aliphatic carbocycles. The van der Waals surface area contributed by atoms with Gasteiger partial charge < -0.3 is 14.5 Å². The summed E-state index contributed by atoms with van der Waals surface area (Å²) < 4.78 is 6.02. The monoisotopic (exact) mass is 462 g/mol. The topological polar surface area (TPSA) is 32.8 Å². The third kappa shape index (κ3) is 7.33. The van der Waals surface area contributed by atoms with Crippen LogP contribution in [0.4, 0.5) is 5.69 Å². The second-order valence-corrected chi connectivity index (χ2v) is 10.2. The molecule has 2 aliphatic rings. The van der Waals surface area contributed by atoms with Crippen molar-refractivity contribution in [3.8, 4) is 5.75 Å². The van der Waals surface area contributed by atoms with Crippen LogP contribution in [0.1, 0.15) is 68.9 Å². The molecule has 0 unspecified atom stereocenters. The smallest absolute Gasteiger partial charge is 0.227 e. The van der Waals surface area contributed by atoms with Crippen LogP contribution in [-0.2, 0) is 17.6 Å². The van der Waals surface area contributed by atoms with E-state index in [1.807, 2.05) is 13.1 Å². The number of anilines is 1. The molecule has 2 aromatic carbocycles. The number of aryl methyl sites for hydroxylation is 2. The number of rotatable bonds is 12. The molecule has 0 aromatic heterocycles. The summed E-state index contributed by atoms with van der Waals surface area (Å²) in [6.45, 7) is 4.34. The third-order valence-electron chi connectivity index (χ3n) is 7.67. The number of piperidine rings is 1. The summed E-state index contributed by atoms with van der Waals surface area (Å²) >= 11 is 0. The fraction of sp³-hybridized carbons (Fsp3) is 0.567. The lowest BCUT2D eigenvalue weighted by atomic mass is 9.91. The van der Waals surface area contributed by atoms with Crippen molar-refractivity contribution in [1.29, 1.82) is 0 Å². The first-order chi connectivity index (χ1) is 16.7. The van der Waals surface area contributed by atoms with Crippen molar-refractivity contribution in [3.63, 3.8) is 0 Å². The Morgan fingerprint density at radius 2 is 1.71 bits per heavy atom. The molecular weight excluding hydrogens is 420 g/mol. The second-order valence-electron chi connectivity index (χ2n) is 10.2. The fourth-order valence-corrected chi connectivity index (χ4v) is 5.44. The lowest BCUT2D eigenvalue weighted by Crippen LogP contribution is -2.35. The number of hydrogen-bond donors (Lipinski definition) is 0. The van der Waals surface area contributed by atoms with E-state index in [1.165, 1.54) is 75.6 Å². The summed E-state index contributed by atoms with van der Waals surface area (Å²) in [5, 5.41) is 0. The molecule has 1 fully saturated rings. The highest BCUT2D eigenvalue weighted by molar-refractivity contribution is 5.96. The summed E-state index contributed by atoms with van der Waals surface area (Å²) in [7, 11) is 1.86. The molecule has 0 radical (unpaired) electrons. The van der Waals surface area contributed by atoms with Gasteiger partial charge in [0.05, 0.1) is 12.3 Å². The van der Waals surface area contributed by atoms with E-state index < -0.39 is 0 Å². The first kappa shape index (κ1) is 24.8. The summed E-state index contributed by atoms with van der Waals surface area (Å²) in [5.74, 6) is 2.00. The lowest BCUT2D eigenvalue weighted by Gasteiger charge is -2.32. The van der Waals surface area contributed by atoms with E-state index in [2.05, 4.69) is 47.4 Å². The van der Waals surface area contributed by atoms with Crippen molar-refractivity contribution in [2.45, 2.75) is 70.6 Å². The molecule has 0 spiro atoms. The lowest BCUT2D eigenvalue weighted by molar-refractivity contribution is -0.118.